The van der Waals surface area contributed by atoms with Crippen molar-refractivity contribution >= 4 is 21.3 Å². The molecular weight excluding hydrogens is 425 g/mol. The van der Waals surface area contributed by atoms with Crippen molar-refractivity contribution in [3.63, 3.8) is 0 Å². The maximum atomic E-state index is 5.62. The second-order valence-corrected chi connectivity index (χ2v) is 22.4. The first kappa shape index (κ1) is 10.5. The molecule has 0 aliphatic rings. The van der Waals surface area contributed by atoms with Crippen molar-refractivity contribution in [3.8, 4) is 0 Å². The molecule has 0 amide bonds. The van der Waals surface area contributed by atoms with Crippen LogP contribution in [-0.4, -0.2) is 2.70 Å². The normalized spacial score (nSPS) is 13.0. The van der Waals surface area contributed by atoms with Crippen molar-refractivity contribution in [1.82, 2.24) is 0 Å². The van der Waals surface area contributed by atoms with Crippen LogP contribution < -0.4 is 7.46 Å². The minimum atomic E-state index is -1.93. The van der Waals surface area contributed by atoms with E-state index in [-0.39, 0.29) is 0 Å². The predicted molar refractivity (Wildman–Crippen MR) is 53.0 cm³/mol. The van der Waals surface area contributed by atoms with E-state index < -0.39 is 23.7 Å². The number of hydrogen-bond donors (Lipinski definition) is 1. The zero-order valence-corrected chi connectivity index (χ0v) is 10.7. The Hall–Kier alpha value is 1.39. The molecule has 0 unspecified atom stereocenters. The summed E-state index contributed by atoms with van der Waals surface area (Å²) >= 11 is -1.93. The molecular formula is C7H9Br2ErN. The van der Waals surface area contributed by atoms with Gasteiger partial charge in [-0.05, 0) is 0 Å². The van der Waals surface area contributed by atoms with Gasteiger partial charge < -0.3 is 0 Å². The molecule has 1 aromatic rings. The van der Waals surface area contributed by atoms with Gasteiger partial charge in [-0.25, -0.2) is 0 Å². The molecule has 2 N–H and O–H groups in total. The first-order chi connectivity index (χ1) is 5.17. The molecule has 0 aliphatic heterocycles. The van der Waals surface area contributed by atoms with Crippen molar-refractivity contribution in [3.05, 3.63) is 30.3 Å². The fourth-order valence-electron chi connectivity index (χ4n) is 0.606. The van der Waals surface area contributed by atoms with Gasteiger partial charge in [-0.1, -0.05) is 0 Å². The van der Waals surface area contributed by atoms with Crippen molar-refractivity contribution in [2.75, 3.05) is 2.70 Å². The topological polar surface area (TPSA) is 26.0 Å². The minimum absolute atomic E-state index is 0.691. The van der Waals surface area contributed by atoms with Crippen LogP contribution in [0.15, 0.2) is 30.3 Å². The number of halogens is 2. The van der Waals surface area contributed by atoms with Crippen LogP contribution in [0.3, 0.4) is 0 Å². The predicted octanol–water partition coefficient (Wildman–Crippen LogP) is 2.00. The van der Waals surface area contributed by atoms with Crippen molar-refractivity contribution in [1.29, 1.82) is 0 Å². The van der Waals surface area contributed by atoms with E-state index in [4.69, 9.17) is 5.73 Å². The van der Waals surface area contributed by atoms with Crippen LogP contribution in [0.1, 0.15) is 0 Å². The zero-order chi connectivity index (χ0) is 8.32. The molecule has 0 fully saturated rings. The summed E-state index contributed by atoms with van der Waals surface area (Å²) in [5, 5.41) is 0. The summed E-state index contributed by atoms with van der Waals surface area (Å²) in [5.41, 5.74) is 5.62. The zero-order valence-electron chi connectivity index (χ0n) is 5.72. The maximum absolute atomic E-state index is 5.62. The number of benzene rings is 1. The van der Waals surface area contributed by atoms with E-state index in [2.05, 4.69) is 31.7 Å². The summed E-state index contributed by atoms with van der Waals surface area (Å²) in [7, 11) is 7.29. The Morgan fingerprint density at radius 3 is 2.18 bits per heavy atom. The van der Waals surface area contributed by atoms with Gasteiger partial charge in [-0.2, -0.15) is 0 Å². The molecule has 1 aromatic carbocycles. The van der Waals surface area contributed by atoms with Gasteiger partial charge in [0.15, 0.2) is 0 Å². The molecule has 11 heavy (non-hydrogen) atoms. The summed E-state index contributed by atoms with van der Waals surface area (Å²) in [6.45, 7) is 0. The van der Waals surface area contributed by atoms with E-state index in [9.17, 15) is 0 Å². The molecule has 0 saturated heterocycles. The average Bonchev–Trinajstić information content (AvgIpc) is 2.06. The van der Waals surface area contributed by atoms with E-state index in [0.717, 1.165) is 0 Å². The monoisotopic (exact) mass is 431 g/mol. The summed E-state index contributed by atoms with van der Waals surface area (Å²) in [6, 6.07) is 10.3. The first-order valence-electron chi connectivity index (χ1n) is 2.89. The van der Waals surface area contributed by atoms with Crippen LogP contribution in [0.2, 0.25) is 0 Å². The van der Waals surface area contributed by atoms with Gasteiger partial charge in [-0.15, -0.1) is 0 Å². The number of hydrogen-bond acceptors (Lipinski definition) is 1. The Morgan fingerprint density at radius 1 is 1.18 bits per heavy atom. The fraction of sp³-hybridized carbons (Fsp3) is 0.143. The molecule has 0 spiro atoms. The summed E-state index contributed by atoms with van der Waals surface area (Å²) < 4.78 is 2.00. The van der Waals surface area contributed by atoms with Crippen LogP contribution in [0.4, 0.5) is 0 Å². The molecule has 68 valence electrons. The van der Waals surface area contributed by atoms with Crippen LogP contribution in [0.5, 0.6) is 0 Å². The Bertz CT molecular complexity index is 225. The molecule has 0 bridgehead atoms. The fourth-order valence-corrected chi connectivity index (χ4v) is 4.57. The van der Waals surface area contributed by atoms with Crippen molar-refractivity contribution < 1.29 is 23.7 Å². The first-order valence-corrected chi connectivity index (χ1v) is 13.3. The molecule has 1 nitrogen and oxygen atoms in total. The van der Waals surface area contributed by atoms with E-state index >= 15 is 0 Å². The van der Waals surface area contributed by atoms with Gasteiger partial charge in [0.1, 0.15) is 0 Å². The van der Waals surface area contributed by atoms with Gasteiger partial charge in [0.2, 0.25) is 0 Å². The molecule has 0 aliphatic carbocycles. The summed E-state index contributed by atoms with van der Waals surface area (Å²) in [5.74, 6) is 0. The Kier molecular flexibility index (Phi) is 4.35. The average molecular weight is 434 g/mol. The van der Waals surface area contributed by atoms with Crippen LogP contribution in [-0.2, 0) is 0 Å². The third-order valence-electron chi connectivity index (χ3n) is 1.10. The standard InChI is InChI=1S/C6H5.CH4N.2BrH.Er/c1-2-4-6-5-3-1;1-2;;;/h1-5H;1-2H2;2*1H;/q;;;;+2/p-2. The van der Waals surface area contributed by atoms with Crippen molar-refractivity contribution in [2.24, 2.45) is 5.73 Å². The molecule has 0 saturated carbocycles. The molecule has 1 rings (SSSR count). The number of nitrogens with two attached hydrogens (primary N) is 1. The van der Waals surface area contributed by atoms with E-state index in [0.29, 0.717) is 2.70 Å². The molecule has 0 atom stereocenters. The summed E-state index contributed by atoms with van der Waals surface area (Å²) in [6.07, 6.45) is 0. The van der Waals surface area contributed by atoms with Gasteiger partial charge in [0, 0.05) is 0 Å². The van der Waals surface area contributed by atoms with Crippen LogP contribution in [0.25, 0.3) is 0 Å². The van der Waals surface area contributed by atoms with Gasteiger partial charge in [-0.3, -0.25) is 0 Å². The van der Waals surface area contributed by atoms with Gasteiger partial charge >= 0.3 is 83.8 Å². The van der Waals surface area contributed by atoms with Gasteiger partial charge in [0.25, 0.3) is 0 Å². The van der Waals surface area contributed by atoms with E-state index in [1.54, 1.807) is 0 Å². The molecule has 4 heteroatoms. The third kappa shape index (κ3) is 2.97. The molecule has 0 radical (unpaired) electrons. The molecule has 0 heterocycles. The summed E-state index contributed by atoms with van der Waals surface area (Å²) in [4.78, 5) is 0. The Balaban J connectivity index is 2.93. The van der Waals surface area contributed by atoms with Crippen LogP contribution >= 0.6 is 19.6 Å². The van der Waals surface area contributed by atoms with Gasteiger partial charge in [0.05, 0.1) is 0 Å². The number of rotatable bonds is 2. The second kappa shape index (κ2) is 4.57. The SMILES string of the molecule is N[CH2][Er]([Br])([Br])[c]1ccccc1. The van der Waals surface area contributed by atoms with Crippen LogP contribution in [0, 0.1) is 23.7 Å². The third-order valence-corrected chi connectivity index (χ3v) is 10.9. The quantitative estimate of drug-likeness (QED) is 0.758. The second-order valence-electron chi connectivity index (χ2n) is 1.77. The molecule has 0 aromatic heterocycles. The Labute approximate surface area is 82.3 Å². The van der Waals surface area contributed by atoms with Crippen molar-refractivity contribution in [2.45, 2.75) is 0 Å². The Morgan fingerprint density at radius 2 is 1.73 bits per heavy atom. The van der Waals surface area contributed by atoms with E-state index in [1.807, 2.05) is 18.2 Å². The van der Waals surface area contributed by atoms with E-state index in [1.165, 1.54) is 1.72 Å².